The summed E-state index contributed by atoms with van der Waals surface area (Å²) in [6.45, 7) is -0.354. The van der Waals surface area contributed by atoms with Crippen LogP contribution < -0.4 is 45.1 Å². The standard InChI is InChI=1S/C58H111N2O22P.Na/c1-3-5-7-9-11-13-15-17-19-21-23-25-27-29-31-33-48(64)77-43-45(80-49(65)34-32-30-28-26-24-22-20-18-16-14-12-10-8-6-4-2)44-79-83(73,74)78-38-36-60-58(72)76-40-39-75-37-35-59-56(71)55(53(69)50(66)46(63)41-61)82-57-54(70)52(68)51(67)47(42-62)81-57;/h45-47,50-55,57,61-63,66-70H,3-44H2,1-2H3,(H,59,71)(H,60,72)(H,73,74);/q;+1/p-1/t45?,46-,47-,50-,51-,52+,53-,54+,55+,57-;/m1./s1. The van der Waals surface area contributed by atoms with E-state index in [4.69, 9.17) is 37.5 Å². The number of esters is 2. The van der Waals surface area contributed by atoms with Crippen molar-refractivity contribution in [2.24, 2.45) is 0 Å². The summed E-state index contributed by atoms with van der Waals surface area (Å²) in [4.78, 5) is 63.5. The number of ether oxygens (including phenoxy) is 6. The van der Waals surface area contributed by atoms with Crippen LogP contribution in [-0.4, -0.2) is 192 Å². The molecule has 0 aromatic carbocycles. The number of carbonyl (C=O) groups is 4. The first-order valence-corrected chi connectivity index (χ1v) is 32.8. The summed E-state index contributed by atoms with van der Waals surface area (Å²) in [5.41, 5.74) is 0. The molecule has 1 fully saturated rings. The van der Waals surface area contributed by atoms with E-state index in [1.54, 1.807) is 0 Å². The number of phosphoric ester groups is 1. The number of amides is 2. The molecule has 0 bridgehead atoms. The van der Waals surface area contributed by atoms with E-state index < -0.39 is 126 Å². The van der Waals surface area contributed by atoms with Crippen molar-refractivity contribution in [3.63, 3.8) is 0 Å². The van der Waals surface area contributed by atoms with Gasteiger partial charge in [0.2, 0.25) is 0 Å². The molecule has 0 radical (unpaired) electrons. The average Bonchev–Trinajstić information content (AvgIpc) is 3.67. The summed E-state index contributed by atoms with van der Waals surface area (Å²) in [6.07, 6.45) is 16.0. The van der Waals surface area contributed by atoms with Gasteiger partial charge < -0.3 is 93.8 Å². The number of nitrogens with one attached hydrogen (secondary N) is 2. The fourth-order valence-electron chi connectivity index (χ4n) is 9.25. The third kappa shape index (κ3) is 42.3. The fraction of sp³-hybridized carbons (Fsp3) is 0.931. The minimum atomic E-state index is -5.01. The van der Waals surface area contributed by atoms with Crippen LogP contribution in [0.5, 0.6) is 0 Å². The molecule has 0 aliphatic carbocycles. The first-order chi connectivity index (χ1) is 40.0. The maximum absolute atomic E-state index is 13.0. The molecule has 0 spiro atoms. The minimum absolute atomic E-state index is 0. The molecule has 0 aromatic heterocycles. The van der Waals surface area contributed by atoms with Crippen LogP contribution in [0.4, 0.5) is 4.79 Å². The van der Waals surface area contributed by atoms with E-state index in [2.05, 4.69) is 24.5 Å². The molecule has 24 nitrogen and oxygen atoms in total. The van der Waals surface area contributed by atoms with Gasteiger partial charge in [-0.2, -0.15) is 0 Å². The molecular formula is C58H110N2NaO22P. The minimum Gasteiger partial charge on any atom is -0.756 e. The number of hydrogen-bond acceptors (Lipinski definition) is 22. The molecule has 1 aliphatic heterocycles. The molecule has 1 rings (SSSR count). The number of rotatable bonds is 56. The molecule has 84 heavy (non-hydrogen) atoms. The first kappa shape index (κ1) is 82.3. The Kier molecular flexibility index (Phi) is 53.2. The second-order valence-corrected chi connectivity index (χ2v) is 23.1. The van der Waals surface area contributed by atoms with E-state index >= 15 is 0 Å². The van der Waals surface area contributed by atoms with Gasteiger partial charge >= 0.3 is 47.6 Å². The first-order valence-electron chi connectivity index (χ1n) is 31.3. The average molecular weight is 1240 g/mol. The van der Waals surface area contributed by atoms with E-state index in [0.717, 1.165) is 44.9 Å². The zero-order valence-electron chi connectivity index (χ0n) is 51.2. The Morgan fingerprint density at radius 1 is 0.548 bits per heavy atom. The van der Waals surface area contributed by atoms with Gasteiger partial charge in [0.05, 0.1) is 39.6 Å². The quantitative estimate of drug-likeness (QED) is 0.0138. The molecular weight excluding hydrogens is 1130 g/mol. The molecule has 1 heterocycles. The summed E-state index contributed by atoms with van der Waals surface area (Å²) < 4.78 is 54.3. The Morgan fingerprint density at radius 3 is 1.49 bits per heavy atom. The maximum Gasteiger partial charge on any atom is 1.00 e. The fourth-order valence-corrected chi connectivity index (χ4v) is 9.99. The Hall–Kier alpha value is -1.65. The van der Waals surface area contributed by atoms with Gasteiger partial charge in [-0.15, -0.1) is 0 Å². The number of alkyl carbamates (subject to hydrolysis) is 1. The van der Waals surface area contributed by atoms with E-state index in [-0.39, 0.29) is 75.3 Å². The third-order valence-electron chi connectivity index (χ3n) is 14.4. The summed E-state index contributed by atoms with van der Waals surface area (Å²) in [5.74, 6) is -2.21. The third-order valence-corrected chi connectivity index (χ3v) is 15.3. The molecule has 0 saturated carbocycles. The summed E-state index contributed by atoms with van der Waals surface area (Å²) in [7, 11) is -5.01. The number of aliphatic hydroxyl groups is 8. The van der Waals surface area contributed by atoms with Crippen molar-refractivity contribution >= 4 is 31.8 Å². The Labute approximate surface area is 522 Å². The van der Waals surface area contributed by atoms with Crippen LogP contribution in [-0.2, 0) is 56.4 Å². The van der Waals surface area contributed by atoms with Crippen LogP contribution in [0.25, 0.3) is 0 Å². The largest absolute Gasteiger partial charge is 1.00 e. The van der Waals surface area contributed by atoms with Crippen LogP contribution in [0, 0.1) is 0 Å². The number of unbranched alkanes of at least 4 members (excludes halogenated alkanes) is 28. The summed E-state index contributed by atoms with van der Waals surface area (Å²) in [5, 5.41) is 84.5. The van der Waals surface area contributed by atoms with Gasteiger partial charge in [-0.1, -0.05) is 194 Å². The van der Waals surface area contributed by atoms with E-state index in [1.807, 2.05) is 0 Å². The van der Waals surface area contributed by atoms with Crippen LogP contribution in [0.15, 0.2) is 0 Å². The SMILES string of the molecule is CCCCCCCCCCCCCCCCCC(=O)OCC(COP(=O)([O-])OCCNC(=O)OCCOCCNC(=O)[C@@H](O[C@H]1O[C@H](CO)[C@@H](O)[C@H](O)[C@@H]1O)[C@H](O)[C@H](O)[C@H](O)CO)OC(=O)CCCCCCCCCCCCCCCCC.[Na+]. The van der Waals surface area contributed by atoms with E-state index in [0.29, 0.717) is 12.8 Å². The second-order valence-electron chi connectivity index (χ2n) is 21.7. The number of hydrogen-bond donors (Lipinski definition) is 10. The van der Waals surface area contributed by atoms with E-state index in [9.17, 15) is 69.5 Å². The Morgan fingerprint density at radius 2 is 1.01 bits per heavy atom. The topological polar surface area (TPSA) is 368 Å². The zero-order valence-corrected chi connectivity index (χ0v) is 54.1. The van der Waals surface area contributed by atoms with Crippen LogP contribution in [0.3, 0.4) is 0 Å². The predicted molar refractivity (Wildman–Crippen MR) is 306 cm³/mol. The van der Waals surface area contributed by atoms with Gasteiger partial charge in [-0.25, -0.2) is 4.79 Å². The molecule has 1 aliphatic rings. The van der Waals surface area contributed by atoms with Crippen LogP contribution >= 0.6 is 7.82 Å². The zero-order chi connectivity index (χ0) is 61.4. The monoisotopic (exact) mass is 1240 g/mol. The van der Waals surface area contributed by atoms with Crippen LogP contribution in [0.1, 0.15) is 219 Å². The van der Waals surface area contributed by atoms with Gasteiger partial charge in [0.1, 0.15) is 55.9 Å². The normalized spacial score (nSPS) is 19.5. The van der Waals surface area contributed by atoms with Gasteiger partial charge in [0.15, 0.2) is 18.5 Å². The molecule has 26 heteroatoms. The Bertz CT molecular complexity index is 1660. The van der Waals surface area contributed by atoms with Crippen molar-refractivity contribution in [3.8, 4) is 0 Å². The van der Waals surface area contributed by atoms with Crippen molar-refractivity contribution < 1.29 is 137 Å². The number of phosphoric acid groups is 1. The van der Waals surface area contributed by atoms with Crippen molar-refractivity contribution in [2.75, 3.05) is 65.9 Å². The predicted octanol–water partition coefficient (Wildman–Crippen LogP) is 2.59. The van der Waals surface area contributed by atoms with Crippen molar-refractivity contribution in [2.45, 2.75) is 281 Å². The molecule has 490 valence electrons. The molecule has 10 N–H and O–H groups in total. The van der Waals surface area contributed by atoms with Gasteiger partial charge in [-0.3, -0.25) is 18.9 Å². The molecule has 2 unspecified atom stereocenters. The molecule has 11 atom stereocenters. The second kappa shape index (κ2) is 54.3. The van der Waals surface area contributed by atoms with Crippen molar-refractivity contribution in [1.29, 1.82) is 0 Å². The Balaban J connectivity index is 0.0000689. The van der Waals surface area contributed by atoms with E-state index in [1.165, 1.54) is 135 Å². The van der Waals surface area contributed by atoms with Crippen molar-refractivity contribution in [1.82, 2.24) is 10.6 Å². The maximum atomic E-state index is 13.0. The van der Waals surface area contributed by atoms with Gasteiger partial charge in [-0.05, 0) is 12.8 Å². The molecule has 0 aromatic rings. The van der Waals surface area contributed by atoms with Gasteiger partial charge in [0.25, 0.3) is 13.7 Å². The van der Waals surface area contributed by atoms with Crippen LogP contribution in [0.2, 0.25) is 0 Å². The van der Waals surface area contributed by atoms with Gasteiger partial charge in [0, 0.05) is 25.9 Å². The number of aliphatic hydroxyl groups excluding tert-OH is 8. The molecule has 1 saturated heterocycles. The smallest absolute Gasteiger partial charge is 0.756 e. The number of carbonyl (C=O) groups excluding carboxylic acids is 4. The van der Waals surface area contributed by atoms with Crippen molar-refractivity contribution in [3.05, 3.63) is 0 Å². The summed E-state index contributed by atoms with van der Waals surface area (Å²) >= 11 is 0. The summed E-state index contributed by atoms with van der Waals surface area (Å²) in [6, 6.07) is 0. The molecule has 2 amide bonds.